The molecule has 70 valence electrons. The molecule has 4 heteroatoms. The van der Waals surface area contributed by atoms with Gasteiger partial charge in [0.25, 0.3) is 0 Å². The minimum Gasteiger partial charge on any atom is -0.301 e. The van der Waals surface area contributed by atoms with Crippen LogP contribution in [0, 0.1) is 0 Å². The minimum atomic E-state index is -4.04. The summed E-state index contributed by atoms with van der Waals surface area (Å²) in [6.07, 6.45) is -0.593. The first-order valence-electron chi connectivity index (χ1n) is 4.38. The quantitative estimate of drug-likeness (QED) is 0.685. The Morgan fingerprint density at radius 2 is 1.75 bits per heavy atom. The highest BCUT2D eigenvalue weighted by atomic mass is 19.4. The Morgan fingerprint density at radius 3 is 2.00 bits per heavy atom. The van der Waals surface area contributed by atoms with Crippen LogP contribution >= 0.6 is 0 Å². The normalized spacial score (nSPS) is 28.2. The van der Waals surface area contributed by atoms with Crippen molar-refractivity contribution in [3.8, 4) is 0 Å². The van der Waals surface area contributed by atoms with E-state index in [1.54, 1.807) is 0 Å². The number of halogens is 3. The Labute approximate surface area is 69.3 Å². The SMILES string of the molecule is FC(F)(F)C1(NC2CCC2)CC1. The van der Waals surface area contributed by atoms with Gasteiger partial charge in [-0.15, -0.1) is 0 Å². The van der Waals surface area contributed by atoms with E-state index in [9.17, 15) is 13.2 Å². The molecule has 0 aromatic rings. The number of nitrogens with one attached hydrogen (secondary N) is 1. The number of hydrogen-bond donors (Lipinski definition) is 1. The highest BCUT2D eigenvalue weighted by Gasteiger charge is 2.63. The van der Waals surface area contributed by atoms with Crippen LogP contribution in [0.3, 0.4) is 0 Å². The van der Waals surface area contributed by atoms with Crippen molar-refractivity contribution in [2.75, 3.05) is 0 Å². The molecule has 2 aliphatic carbocycles. The molecule has 0 aromatic carbocycles. The van der Waals surface area contributed by atoms with Crippen molar-refractivity contribution in [3.63, 3.8) is 0 Å². The molecule has 0 amide bonds. The molecule has 0 bridgehead atoms. The summed E-state index contributed by atoms with van der Waals surface area (Å²) in [7, 11) is 0. The zero-order chi connectivity index (χ0) is 8.82. The Morgan fingerprint density at radius 1 is 1.17 bits per heavy atom. The van der Waals surface area contributed by atoms with Gasteiger partial charge in [0.15, 0.2) is 0 Å². The standard InChI is InChI=1S/C8H12F3N/c9-8(10,11)7(4-5-7)12-6-2-1-3-6/h6,12H,1-5H2. The molecule has 0 atom stereocenters. The van der Waals surface area contributed by atoms with Gasteiger partial charge in [-0.25, -0.2) is 0 Å². The van der Waals surface area contributed by atoms with E-state index in [2.05, 4.69) is 5.32 Å². The fraction of sp³-hybridized carbons (Fsp3) is 1.00. The maximum absolute atomic E-state index is 12.4. The molecule has 1 N–H and O–H groups in total. The van der Waals surface area contributed by atoms with Gasteiger partial charge in [-0.3, -0.25) is 0 Å². The molecule has 0 saturated heterocycles. The van der Waals surface area contributed by atoms with E-state index in [1.807, 2.05) is 0 Å². The van der Waals surface area contributed by atoms with E-state index in [0.29, 0.717) is 0 Å². The first-order valence-corrected chi connectivity index (χ1v) is 4.38. The monoisotopic (exact) mass is 179 g/mol. The third-order valence-corrected chi connectivity index (χ3v) is 2.88. The van der Waals surface area contributed by atoms with Gasteiger partial charge in [-0.05, 0) is 25.7 Å². The van der Waals surface area contributed by atoms with E-state index in [4.69, 9.17) is 0 Å². The second-order valence-corrected chi connectivity index (χ2v) is 3.85. The lowest BCUT2D eigenvalue weighted by molar-refractivity contribution is -0.169. The van der Waals surface area contributed by atoms with Crippen LogP contribution in [0.25, 0.3) is 0 Å². The van der Waals surface area contributed by atoms with Gasteiger partial charge in [0.2, 0.25) is 0 Å². The van der Waals surface area contributed by atoms with E-state index in [-0.39, 0.29) is 18.9 Å². The lowest BCUT2D eigenvalue weighted by Crippen LogP contribution is -2.51. The largest absolute Gasteiger partial charge is 0.406 e. The molecule has 0 aromatic heterocycles. The predicted molar refractivity (Wildman–Crippen MR) is 38.8 cm³/mol. The van der Waals surface area contributed by atoms with Crippen LogP contribution in [-0.2, 0) is 0 Å². The van der Waals surface area contributed by atoms with E-state index in [0.717, 1.165) is 19.3 Å². The third kappa shape index (κ3) is 1.22. The Kier molecular flexibility index (Phi) is 1.65. The molecule has 2 rings (SSSR count). The highest BCUT2D eigenvalue weighted by Crippen LogP contribution is 2.50. The summed E-state index contributed by atoms with van der Waals surface area (Å²) in [5, 5.41) is 2.72. The van der Waals surface area contributed by atoms with Gasteiger partial charge >= 0.3 is 6.18 Å². The Balaban J connectivity index is 1.92. The average Bonchev–Trinajstić information content (AvgIpc) is 2.56. The molecular weight excluding hydrogens is 167 g/mol. The molecule has 0 spiro atoms. The number of alkyl halides is 3. The zero-order valence-electron chi connectivity index (χ0n) is 6.75. The van der Waals surface area contributed by atoms with Gasteiger partial charge in [0.05, 0.1) is 0 Å². The first kappa shape index (κ1) is 8.35. The molecule has 2 fully saturated rings. The van der Waals surface area contributed by atoms with Gasteiger partial charge in [0.1, 0.15) is 5.54 Å². The molecule has 1 nitrogen and oxygen atoms in total. The maximum atomic E-state index is 12.4. The van der Waals surface area contributed by atoms with Crippen molar-refractivity contribution in [1.29, 1.82) is 0 Å². The van der Waals surface area contributed by atoms with Crippen molar-refractivity contribution in [2.24, 2.45) is 0 Å². The maximum Gasteiger partial charge on any atom is 0.406 e. The van der Waals surface area contributed by atoms with E-state index < -0.39 is 11.7 Å². The van der Waals surface area contributed by atoms with Gasteiger partial charge < -0.3 is 5.32 Å². The van der Waals surface area contributed by atoms with Crippen LogP contribution in [0.2, 0.25) is 0 Å². The zero-order valence-corrected chi connectivity index (χ0v) is 6.75. The summed E-state index contributed by atoms with van der Waals surface area (Å²) < 4.78 is 37.1. The van der Waals surface area contributed by atoms with Crippen LogP contribution in [0.1, 0.15) is 32.1 Å². The van der Waals surface area contributed by atoms with Gasteiger partial charge in [-0.2, -0.15) is 13.2 Å². The molecule has 12 heavy (non-hydrogen) atoms. The highest BCUT2D eigenvalue weighted by molar-refractivity contribution is 5.09. The molecule has 0 aliphatic heterocycles. The predicted octanol–water partition coefficient (Wildman–Crippen LogP) is 2.22. The van der Waals surface area contributed by atoms with Gasteiger partial charge in [0, 0.05) is 6.04 Å². The Hall–Kier alpha value is -0.250. The summed E-state index contributed by atoms with van der Waals surface area (Å²) >= 11 is 0. The number of rotatable bonds is 2. The average molecular weight is 179 g/mol. The van der Waals surface area contributed by atoms with E-state index >= 15 is 0 Å². The van der Waals surface area contributed by atoms with Crippen LogP contribution in [0.4, 0.5) is 13.2 Å². The summed E-state index contributed by atoms with van der Waals surface area (Å²) in [5.74, 6) is 0. The van der Waals surface area contributed by atoms with Gasteiger partial charge in [-0.1, -0.05) is 6.42 Å². The minimum absolute atomic E-state index is 0.133. The molecule has 2 aliphatic rings. The molecule has 0 heterocycles. The van der Waals surface area contributed by atoms with Crippen molar-refractivity contribution in [1.82, 2.24) is 5.32 Å². The van der Waals surface area contributed by atoms with Crippen LogP contribution in [-0.4, -0.2) is 17.8 Å². The summed E-state index contributed by atoms with van der Waals surface area (Å²) in [6.45, 7) is 0. The fourth-order valence-electron chi connectivity index (χ4n) is 1.58. The fourth-order valence-corrected chi connectivity index (χ4v) is 1.58. The van der Waals surface area contributed by atoms with Crippen LogP contribution in [0.15, 0.2) is 0 Å². The summed E-state index contributed by atoms with van der Waals surface area (Å²) in [4.78, 5) is 0. The molecular formula is C8H12F3N. The lowest BCUT2D eigenvalue weighted by Gasteiger charge is -2.32. The Bertz CT molecular complexity index is 179. The first-order chi connectivity index (χ1) is 5.54. The van der Waals surface area contributed by atoms with Crippen LogP contribution in [0.5, 0.6) is 0 Å². The van der Waals surface area contributed by atoms with Crippen molar-refractivity contribution >= 4 is 0 Å². The van der Waals surface area contributed by atoms with E-state index in [1.165, 1.54) is 0 Å². The summed E-state index contributed by atoms with van der Waals surface area (Å²) in [6, 6.07) is 0.133. The number of hydrogen-bond acceptors (Lipinski definition) is 1. The van der Waals surface area contributed by atoms with Crippen molar-refractivity contribution < 1.29 is 13.2 Å². The smallest absolute Gasteiger partial charge is 0.301 e. The summed E-state index contributed by atoms with van der Waals surface area (Å²) in [5.41, 5.74) is -1.49. The lowest BCUT2D eigenvalue weighted by atomic mass is 9.92. The molecule has 0 radical (unpaired) electrons. The topological polar surface area (TPSA) is 12.0 Å². The van der Waals surface area contributed by atoms with Crippen molar-refractivity contribution in [3.05, 3.63) is 0 Å². The van der Waals surface area contributed by atoms with Crippen molar-refractivity contribution in [2.45, 2.75) is 49.9 Å². The second kappa shape index (κ2) is 2.37. The second-order valence-electron chi connectivity index (χ2n) is 3.85. The molecule has 2 saturated carbocycles. The van der Waals surface area contributed by atoms with Crippen LogP contribution < -0.4 is 5.32 Å². The third-order valence-electron chi connectivity index (χ3n) is 2.88. The molecule has 0 unspecified atom stereocenters.